The van der Waals surface area contributed by atoms with E-state index < -0.39 is 6.10 Å². The van der Waals surface area contributed by atoms with E-state index in [4.69, 9.17) is 16.3 Å². The van der Waals surface area contributed by atoms with E-state index in [1.54, 1.807) is 6.92 Å². The standard InChI is InChI=1S/C21H26ClNO2/c1-6-19(17-9-7-13(2)8-10-17)23-21(24)16(5)25-18-11-14(3)20(22)15(4)12-18/h7-12,16,19H,6H2,1-5H3,(H,23,24). The first-order valence-corrected chi connectivity index (χ1v) is 9.00. The molecule has 0 bridgehead atoms. The van der Waals surface area contributed by atoms with E-state index in [2.05, 4.69) is 43.4 Å². The minimum Gasteiger partial charge on any atom is -0.481 e. The first-order chi connectivity index (χ1) is 11.8. The quantitative estimate of drug-likeness (QED) is 0.760. The molecule has 2 aromatic rings. The number of amides is 1. The van der Waals surface area contributed by atoms with E-state index in [0.717, 1.165) is 28.1 Å². The van der Waals surface area contributed by atoms with E-state index in [9.17, 15) is 4.79 Å². The number of halogens is 1. The Kier molecular flexibility index (Phi) is 6.49. The molecule has 1 amide bonds. The summed E-state index contributed by atoms with van der Waals surface area (Å²) in [4.78, 5) is 12.5. The van der Waals surface area contributed by atoms with Crippen LogP contribution in [-0.4, -0.2) is 12.0 Å². The van der Waals surface area contributed by atoms with Gasteiger partial charge in [-0.25, -0.2) is 0 Å². The highest BCUT2D eigenvalue weighted by Gasteiger charge is 2.19. The third-order valence-corrected chi connectivity index (χ3v) is 4.89. The highest BCUT2D eigenvalue weighted by Crippen LogP contribution is 2.26. The molecule has 3 nitrogen and oxygen atoms in total. The average Bonchev–Trinajstić information content (AvgIpc) is 2.58. The lowest BCUT2D eigenvalue weighted by molar-refractivity contribution is -0.128. The molecule has 2 rings (SSSR count). The largest absolute Gasteiger partial charge is 0.481 e. The Morgan fingerprint density at radius 3 is 2.20 bits per heavy atom. The molecule has 2 unspecified atom stereocenters. The van der Waals surface area contributed by atoms with Crippen molar-refractivity contribution in [2.24, 2.45) is 0 Å². The van der Waals surface area contributed by atoms with Gasteiger partial charge in [0, 0.05) is 5.02 Å². The number of hydrogen-bond donors (Lipinski definition) is 1. The maximum atomic E-state index is 12.5. The molecule has 134 valence electrons. The van der Waals surface area contributed by atoms with Gasteiger partial charge in [-0.15, -0.1) is 0 Å². The van der Waals surface area contributed by atoms with Crippen LogP contribution in [0.1, 0.15) is 48.6 Å². The van der Waals surface area contributed by atoms with Crippen LogP contribution in [0.2, 0.25) is 5.02 Å². The van der Waals surface area contributed by atoms with Crippen LogP contribution in [0.15, 0.2) is 36.4 Å². The SMILES string of the molecule is CCC(NC(=O)C(C)Oc1cc(C)c(Cl)c(C)c1)c1ccc(C)cc1. The topological polar surface area (TPSA) is 38.3 Å². The van der Waals surface area contributed by atoms with Crippen molar-refractivity contribution in [3.8, 4) is 5.75 Å². The molecule has 0 aliphatic carbocycles. The molecular formula is C21H26ClNO2. The smallest absolute Gasteiger partial charge is 0.261 e. The molecule has 0 fully saturated rings. The predicted octanol–water partition coefficient (Wildman–Crippen LogP) is 5.30. The van der Waals surface area contributed by atoms with E-state index in [-0.39, 0.29) is 11.9 Å². The number of carbonyl (C=O) groups is 1. The van der Waals surface area contributed by atoms with Gasteiger partial charge in [-0.3, -0.25) is 4.79 Å². The van der Waals surface area contributed by atoms with Crippen LogP contribution in [0.4, 0.5) is 0 Å². The lowest BCUT2D eigenvalue weighted by Gasteiger charge is -2.21. The Labute approximate surface area is 155 Å². The summed E-state index contributed by atoms with van der Waals surface area (Å²) in [5, 5.41) is 3.80. The van der Waals surface area contributed by atoms with Crippen LogP contribution >= 0.6 is 11.6 Å². The molecule has 0 aliphatic heterocycles. The maximum absolute atomic E-state index is 12.5. The Morgan fingerprint density at radius 1 is 1.12 bits per heavy atom. The number of hydrogen-bond acceptors (Lipinski definition) is 2. The van der Waals surface area contributed by atoms with E-state index in [1.807, 2.05) is 26.0 Å². The van der Waals surface area contributed by atoms with Crippen molar-refractivity contribution in [2.45, 2.75) is 53.2 Å². The molecule has 1 N–H and O–H groups in total. The van der Waals surface area contributed by atoms with E-state index in [1.165, 1.54) is 5.56 Å². The zero-order valence-electron chi connectivity index (χ0n) is 15.5. The summed E-state index contributed by atoms with van der Waals surface area (Å²) in [6, 6.07) is 11.9. The first-order valence-electron chi connectivity index (χ1n) is 8.62. The molecule has 0 saturated heterocycles. The van der Waals surface area contributed by atoms with Crippen molar-refractivity contribution in [2.75, 3.05) is 0 Å². The fourth-order valence-electron chi connectivity index (χ4n) is 2.74. The number of rotatable bonds is 6. The molecule has 2 aromatic carbocycles. The van der Waals surface area contributed by atoms with Gasteiger partial charge >= 0.3 is 0 Å². The summed E-state index contributed by atoms with van der Waals surface area (Å²) in [6.07, 6.45) is 0.236. The number of ether oxygens (including phenoxy) is 1. The molecule has 0 aliphatic rings. The lowest BCUT2D eigenvalue weighted by Crippen LogP contribution is -2.38. The van der Waals surface area contributed by atoms with Crippen LogP contribution in [0.5, 0.6) is 5.75 Å². The third kappa shape index (κ3) is 4.99. The van der Waals surface area contributed by atoms with Gasteiger partial charge in [0.05, 0.1) is 6.04 Å². The second-order valence-corrected chi connectivity index (χ2v) is 6.89. The Morgan fingerprint density at radius 2 is 1.68 bits per heavy atom. The van der Waals surface area contributed by atoms with Gasteiger partial charge in [0.25, 0.3) is 5.91 Å². The van der Waals surface area contributed by atoms with Crippen LogP contribution in [0, 0.1) is 20.8 Å². The van der Waals surface area contributed by atoms with Crippen molar-refractivity contribution >= 4 is 17.5 Å². The van der Waals surface area contributed by atoms with Gasteiger partial charge in [-0.1, -0.05) is 48.4 Å². The molecule has 0 aromatic heterocycles. The first kappa shape index (κ1) is 19.3. The van der Waals surface area contributed by atoms with Crippen molar-refractivity contribution < 1.29 is 9.53 Å². The second-order valence-electron chi connectivity index (χ2n) is 6.51. The Hall–Kier alpha value is -2.00. The lowest BCUT2D eigenvalue weighted by atomic mass is 10.0. The number of nitrogens with one attached hydrogen (secondary N) is 1. The maximum Gasteiger partial charge on any atom is 0.261 e. The highest BCUT2D eigenvalue weighted by molar-refractivity contribution is 6.32. The molecule has 2 atom stereocenters. The zero-order chi connectivity index (χ0) is 18.6. The average molecular weight is 360 g/mol. The van der Waals surface area contributed by atoms with Gasteiger partial charge in [-0.2, -0.15) is 0 Å². The highest BCUT2D eigenvalue weighted by atomic mass is 35.5. The number of benzene rings is 2. The monoisotopic (exact) mass is 359 g/mol. The molecule has 0 spiro atoms. The minimum absolute atomic E-state index is 0.0205. The van der Waals surface area contributed by atoms with Crippen LogP contribution in [0.25, 0.3) is 0 Å². The summed E-state index contributed by atoms with van der Waals surface area (Å²) in [5.41, 5.74) is 4.19. The van der Waals surface area contributed by atoms with Gasteiger partial charge in [-0.05, 0) is 62.9 Å². The number of aryl methyl sites for hydroxylation is 3. The van der Waals surface area contributed by atoms with Gasteiger partial charge < -0.3 is 10.1 Å². The van der Waals surface area contributed by atoms with Crippen LogP contribution < -0.4 is 10.1 Å². The summed E-state index contributed by atoms with van der Waals surface area (Å²) in [5.74, 6) is 0.531. The summed E-state index contributed by atoms with van der Waals surface area (Å²) < 4.78 is 5.82. The molecular weight excluding hydrogens is 334 g/mol. The van der Waals surface area contributed by atoms with Crippen LogP contribution in [-0.2, 0) is 4.79 Å². The van der Waals surface area contributed by atoms with Crippen molar-refractivity contribution in [1.82, 2.24) is 5.32 Å². The summed E-state index contributed by atoms with van der Waals surface area (Å²) in [7, 11) is 0. The molecule has 0 saturated carbocycles. The summed E-state index contributed by atoms with van der Waals surface area (Å²) >= 11 is 6.18. The fourth-order valence-corrected chi connectivity index (χ4v) is 2.85. The summed E-state index contributed by atoms with van der Waals surface area (Å²) in [6.45, 7) is 9.73. The number of carbonyl (C=O) groups excluding carboxylic acids is 1. The normalized spacial score (nSPS) is 13.2. The third-order valence-electron chi connectivity index (χ3n) is 4.30. The van der Waals surface area contributed by atoms with Crippen LogP contribution in [0.3, 0.4) is 0 Å². The van der Waals surface area contributed by atoms with Gasteiger partial charge in [0.15, 0.2) is 6.10 Å². The van der Waals surface area contributed by atoms with Crippen molar-refractivity contribution in [3.63, 3.8) is 0 Å². The van der Waals surface area contributed by atoms with Gasteiger partial charge in [0.2, 0.25) is 0 Å². The Bertz CT molecular complexity index is 717. The minimum atomic E-state index is -0.584. The molecule has 25 heavy (non-hydrogen) atoms. The fraction of sp³-hybridized carbons (Fsp3) is 0.381. The van der Waals surface area contributed by atoms with E-state index in [0.29, 0.717) is 5.75 Å². The second kappa shape index (κ2) is 8.39. The Balaban J connectivity index is 2.05. The van der Waals surface area contributed by atoms with Crippen molar-refractivity contribution in [1.29, 1.82) is 0 Å². The van der Waals surface area contributed by atoms with Crippen molar-refractivity contribution in [3.05, 3.63) is 63.7 Å². The predicted molar refractivity (Wildman–Crippen MR) is 103 cm³/mol. The molecule has 0 radical (unpaired) electrons. The van der Waals surface area contributed by atoms with Gasteiger partial charge in [0.1, 0.15) is 5.75 Å². The molecule has 4 heteroatoms. The zero-order valence-corrected chi connectivity index (χ0v) is 16.3. The molecule has 0 heterocycles. The van der Waals surface area contributed by atoms with E-state index >= 15 is 0 Å².